The normalized spacial score (nSPS) is 17.2. The van der Waals surface area contributed by atoms with E-state index in [0.29, 0.717) is 18.7 Å². The molecule has 2 aromatic rings. The lowest BCUT2D eigenvalue weighted by Gasteiger charge is -2.37. The average molecular weight is 439 g/mol. The van der Waals surface area contributed by atoms with Crippen LogP contribution in [0.25, 0.3) is 0 Å². The maximum absolute atomic E-state index is 13.8. The van der Waals surface area contributed by atoms with Crippen LogP contribution in [-0.4, -0.2) is 47.0 Å². The molecule has 0 atom stereocenters. The molecule has 1 amide bonds. The molecule has 5 nitrogen and oxygen atoms in total. The first-order valence-corrected chi connectivity index (χ1v) is 12.2. The molecule has 1 aromatic carbocycles. The van der Waals surface area contributed by atoms with Gasteiger partial charge in [-0.1, -0.05) is 44.7 Å². The Balaban J connectivity index is 1.45. The maximum Gasteiger partial charge on any atom is 0.222 e. The van der Waals surface area contributed by atoms with Crippen LogP contribution >= 0.6 is 0 Å². The molecule has 4 rings (SSSR count). The molecule has 1 aromatic heterocycles. The van der Waals surface area contributed by atoms with Crippen LogP contribution in [0.4, 0.5) is 10.2 Å². The number of anilines is 1. The first-order valence-electron chi connectivity index (χ1n) is 12.2. The summed E-state index contributed by atoms with van der Waals surface area (Å²) in [6, 6.07) is 6.76. The van der Waals surface area contributed by atoms with E-state index in [1.807, 2.05) is 17.9 Å². The zero-order valence-electron chi connectivity index (χ0n) is 19.4. The molecule has 6 heteroatoms. The number of aryl methyl sites for hydroxylation is 2. The Hall–Kier alpha value is -2.50. The SMILES string of the molecule is CCc1nc(C)nc(N2CCN(C(=O)CCC3CCCC3)CC2)c1Cc1cccc(F)c1. The average Bonchev–Trinajstić information content (AvgIpc) is 3.32. The Morgan fingerprint density at radius 3 is 2.56 bits per heavy atom. The van der Waals surface area contributed by atoms with Crippen LogP contribution in [-0.2, 0) is 17.6 Å². The summed E-state index contributed by atoms with van der Waals surface area (Å²) in [4.78, 5) is 26.5. The van der Waals surface area contributed by atoms with Crippen molar-refractivity contribution >= 4 is 11.7 Å². The summed E-state index contributed by atoms with van der Waals surface area (Å²) in [6.07, 6.45) is 8.38. The van der Waals surface area contributed by atoms with Crippen molar-refractivity contribution in [3.63, 3.8) is 0 Å². The zero-order valence-corrected chi connectivity index (χ0v) is 19.4. The molecule has 0 radical (unpaired) electrons. The minimum absolute atomic E-state index is 0.222. The standard InChI is InChI=1S/C26H35FN4O/c1-3-24-23(18-21-9-6-10-22(27)17-21)26(29-19(2)28-24)31-15-13-30(14-16-31)25(32)12-11-20-7-4-5-8-20/h6,9-10,17,20H,3-5,7-8,11-16,18H2,1-2H3. The van der Waals surface area contributed by atoms with Gasteiger partial charge in [-0.2, -0.15) is 0 Å². The van der Waals surface area contributed by atoms with Crippen LogP contribution in [0.2, 0.25) is 0 Å². The lowest BCUT2D eigenvalue weighted by molar-refractivity contribution is -0.131. The van der Waals surface area contributed by atoms with Gasteiger partial charge in [-0.25, -0.2) is 14.4 Å². The topological polar surface area (TPSA) is 49.3 Å². The van der Waals surface area contributed by atoms with Gasteiger partial charge in [0.1, 0.15) is 17.5 Å². The quantitative estimate of drug-likeness (QED) is 0.629. The van der Waals surface area contributed by atoms with E-state index in [9.17, 15) is 9.18 Å². The summed E-state index contributed by atoms with van der Waals surface area (Å²) in [5, 5.41) is 0. The van der Waals surface area contributed by atoms with E-state index in [0.717, 1.165) is 73.4 Å². The van der Waals surface area contributed by atoms with E-state index >= 15 is 0 Å². The number of carbonyl (C=O) groups excluding carboxylic acids is 1. The minimum atomic E-state index is -0.222. The van der Waals surface area contributed by atoms with Crippen LogP contribution < -0.4 is 4.90 Å². The number of nitrogens with zero attached hydrogens (tertiary/aromatic N) is 4. The summed E-state index contributed by atoms with van der Waals surface area (Å²) in [6.45, 7) is 7.02. The number of rotatable bonds is 7. The van der Waals surface area contributed by atoms with Crippen molar-refractivity contribution in [1.82, 2.24) is 14.9 Å². The number of benzene rings is 1. The van der Waals surface area contributed by atoms with Crippen molar-refractivity contribution in [2.24, 2.45) is 5.92 Å². The molecule has 2 heterocycles. The minimum Gasteiger partial charge on any atom is -0.353 e. The summed E-state index contributed by atoms with van der Waals surface area (Å²) in [5.41, 5.74) is 3.02. The van der Waals surface area contributed by atoms with Gasteiger partial charge in [-0.3, -0.25) is 4.79 Å². The van der Waals surface area contributed by atoms with Crippen molar-refractivity contribution in [1.29, 1.82) is 0 Å². The third kappa shape index (κ3) is 5.45. The summed E-state index contributed by atoms with van der Waals surface area (Å²) < 4.78 is 13.8. The molecule has 1 aliphatic heterocycles. The molecule has 0 N–H and O–H groups in total. The number of aromatic nitrogens is 2. The van der Waals surface area contributed by atoms with E-state index in [1.54, 1.807) is 12.1 Å². The van der Waals surface area contributed by atoms with Crippen molar-refractivity contribution in [2.75, 3.05) is 31.1 Å². The van der Waals surface area contributed by atoms with E-state index in [-0.39, 0.29) is 5.82 Å². The number of piperazine rings is 1. The predicted molar refractivity (Wildman–Crippen MR) is 125 cm³/mol. The van der Waals surface area contributed by atoms with Gasteiger partial charge in [0.2, 0.25) is 5.91 Å². The Bertz CT molecular complexity index is 933. The highest BCUT2D eigenvalue weighted by Gasteiger charge is 2.26. The van der Waals surface area contributed by atoms with Gasteiger partial charge in [-0.15, -0.1) is 0 Å². The van der Waals surface area contributed by atoms with Gasteiger partial charge in [0, 0.05) is 50.3 Å². The summed E-state index contributed by atoms with van der Waals surface area (Å²) in [7, 11) is 0. The number of carbonyl (C=O) groups is 1. The molecule has 172 valence electrons. The second-order valence-electron chi connectivity index (χ2n) is 9.24. The van der Waals surface area contributed by atoms with Gasteiger partial charge in [0.25, 0.3) is 0 Å². The fourth-order valence-electron chi connectivity index (χ4n) is 5.18. The second-order valence-corrected chi connectivity index (χ2v) is 9.24. The van der Waals surface area contributed by atoms with Crippen LogP contribution in [0, 0.1) is 18.7 Å². The smallest absolute Gasteiger partial charge is 0.222 e. The van der Waals surface area contributed by atoms with Gasteiger partial charge < -0.3 is 9.80 Å². The molecule has 2 fully saturated rings. The molecule has 2 aliphatic rings. The van der Waals surface area contributed by atoms with Crippen LogP contribution in [0.5, 0.6) is 0 Å². The number of hydrogen-bond acceptors (Lipinski definition) is 4. The van der Waals surface area contributed by atoms with Crippen LogP contribution in [0.3, 0.4) is 0 Å². The van der Waals surface area contributed by atoms with E-state index in [1.165, 1.54) is 31.7 Å². The molecule has 0 unspecified atom stereocenters. The third-order valence-electron chi connectivity index (χ3n) is 6.96. The predicted octanol–water partition coefficient (Wildman–Crippen LogP) is 4.70. The fourth-order valence-corrected chi connectivity index (χ4v) is 5.18. The second kappa shape index (κ2) is 10.4. The van der Waals surface area contributed by atoms with Gasteiger partial charge in [-0.05, 0) is 43.4 Å². The maximum atomic E-state index is 13.8. The summed E-state index contributed by atoms with van der Waals surface area (Å²) >= 11 is 0. The van der Waals surface area contributed by atoms with Crippen molar-refractivity contribution in [2.45, 2.75) is 65.2 Å². The van der Waals surface area contributed by atoms with Crippen molar-refractivity contribution in [3.05, 3.63) is 52.7 Å². The van der Waals surface area contributed by atoms with Gasteiger partial charge in [0.15, 0.2) is 0 Å². The molecule has 1 saturated carbocycles. The van der Waals surface area contributed by atoms with E-state index < -0.39 is 0 Å². The van der Waals surface area contributed by atoms with E-state index in [4.69, 9.17) is 4.98 Å². The van der Waals surface area contributed by atoms with Crippen LogP contribution in [0.15, 0.2) is 24.3 Å². The van der Waals surface area contributed by atoms with Crippen LogP contribution in [0.1, 0.15) is 68.1 Å². The Morgan fingerprint density at radius 1 is 1.12 bits per heavy atom. The molecule has 32 heavy (non-hydrogen) atoms. The highest BCUT2D eigenvalue weighted by atomic mass is 19.1. The van der Waals surface area contributed by atoms with E-state index in [2.05, 4.69) is 16.8 Å². The fraction of sp³-hybridized carbons (Fsp3) is 0.577. The van der Waals surface area contributed by atoms with Gasteiger partial charge >= 0.3 is 0 Å². The Labute approximate surface area is 191 Å². The lowest BCUT2D eigenvalue weighted by atomic mass is 10.0. The van der Waals surface area contributed by atoms with Crippen molar-refractivity contribution in [3.8, 4) is 0 Å². The molecule has 1 aliphatic carbocycles. The highest BCUT2D eigenvalue weighted by molar-refractivity contribution is 5.76. The van der Waals surface area contributed by atoms with Crippen molar-refractivity contribution < 1.29 is 9.18 Å². The summed E-state index contributed by atoms with van der Waals surface area (Å²) in [5.74, 6) is 2.53. The molecular weight excluding hydrogens is 403 g/mol. The Morgan fingerprint density at radius 2 is 1.88 bits per heavy atom. The third-order valence-corrected chi connectivity index (χ3v) is 6.96. The monoisotopic (exact) mass is 438 g/mol. The molecule has 0 bridgehead atoms. The highest BCUT2D eigenvalue weighted by Crippen LogP contribution is 2.29. The molecule has 1 saturated heterocycles. The largest absolute Gasteiger partial charge is 0.353 e. The first-order chi connectivity index (χ1) is 15.5. The first kappa shape index (κ1) is 22.7. The molecule has 0 spiro atoms. The number of amides is 1. The number of halogens is 1. The zero-order chi connectivity index (χ0) is 22.5. The molecular formula is C26H35FN4O. The Kier molecular flexibility index (Phi) is 7.38. The number of hydrogen-bond donors (Lipinski definition) is 0. The van der Waals surface area contributed by atoms with Gasteiger partial charge in [0.05, 0.1) is 0 Å². The lowest BCUT2D eigenvalue weighted by Crippen LogP contribution is -2.49.